The molecule has 0 saturated carbocycles. The average Bonchev–Trinajstić information content (AvgIpc) is 2.09. The zero-order valence-corrected chi connectivity index (χ0v) is 8.10. The average molecular weight is 205 g/mol. The molecule has 4 N–H and O–H groups in total. The number of nitrogens with one attached hydrogen (secondary N) is 1. The summed E-state index contributed by atoms with van der Waals surface area (Å²) in [6.45, 7) is 0.552. The third-order valence-electron chi connectivity index (χ3n) is 1.55. The van der Waals surface area contributed by atoms with Gasteiger partial charge in [0, 0.05) is 6.54 Å². The van der Waals surface area contributed by atoms with Crippen LogP contribution >= 0.6 is 12.4 Å². The number of hydrogen-bond acceptors (Lipinski definition) is 4. The van der Waals surface area contributed by atoms with Crippen LogP contribution in [0.15, 0.2) is 18.2 Å². The fraction of sp³-hybridized carbons (Fsp3) is 0.250. The number of hydrogen-bond donors (Lipinski definition) is 3. The van der Waals surface area contributed by atoms with Crippen molar-refractivity contribution in [2.75, 3.05) is 7.11 Å². The first-order valence-corrected chi connectivity index (χ1v) is 3.57. The highest BCUT2D eigenvalue weighted by Gasteiger charge is 2.00. The van der Waals surface area contributed by atoms with Crippen molar-refractivity contribution in [1.82, 2.24) is 5.43 Å². The third-order valence-corrected chi connectivity index (χ3v) is 1.55. The molecule has 0 aliphatic carbocycles. The second kappa shape index (κ2) is 5.64. The van der Waals surface area contributed by atoms with Gasteiger partial charge in [-0.15, -0.1) is 12.4 Å². The summed E-state index contributed by atoms with van der Waals surface area (Å²) in [7, 11) is 1.51. The second-order valence-corrected chi connectivity index (χ2v) is 2.39. The van der Waals surface area contributed by atoms with Crippen molar-refractivity contribution >= 4 is 12.4 Å². The molecular weight excluding hydrogens is 192 g/mol. The van der Waals surface area contributed by atoms with E-state index in [4.69, 9.17) is 10.6 Å². The van der Waals surface area contributed by atoms with Gasteiger partial charge in [-0.25, -0.2) is 0 Å². The summed E-state index contributed by atoms with van der Waals surface area (Å²) in [4.78, 5) is 0. The van der Waals surface area contributed by atoms with E-state index in [-0.39, 0.29) is 18.2 Å². The van der Waals surface area contributed by atoms with Gasteiger partial charge in [-0.2, -0.15) is 0 Å². The Hall–Kier alpha value is -0.970. The molecule has 0 atom stereocenters. The maximum atomic E-state index is 9.23. The van der Waals surface area contributed by atoms with Gasteiger partial charge >= 0.3 is 0 Å². The molecule has 0 bridgehead atoms. The van der Waals surface area contributed by atoms with E-state index in [2.05, 4.69) is 5.43 Å². The summed E-state index contributed by atoms with van der Waals surface area (Å²) in [6.07, 6.45) is 0. The van der Waals surface area contributed by atoms with Crippen molar-refractivity contribution in [3.05, 3.63) is 23.8 Å². The number of phenols is 1. The van der Waals surface area contributed by atoms with Crippen molar-refractivity contribution in [2.24, 2.45) is 5.84 Å². The van der Waals surface area contributed by atoms with Crippen LogP contribution in [0, 0.1) is 0 Å². The highest BCUT2D eigenvalue weighted by atomic mass is 35.5. The van der Waals surface area contributed by atoms with Gasteiger partial charge < -0.3 is 9.84 Å². The normalized spacial score (nSPS) is 9.08. The molecule has 13 heavy (non-hydrogen) atoms. The maximum absolute atomic E-state index is 9.23. The lowest BCUT2D eigenvalue weighted by molar-refractivity contribution is 0.373. The Bertz CT molecular complexity index is 268. The summed E-state index contributed by atoms with van der Waals surface area (Å²) in [5.41, 5.74) is 3.48. The number of ether oxygens (including phenoxy) is 1. The number of rotatable bonds is 3. The number of phenolic OH excluding ortho intramolecular Hbond substituents is 1. The molecule has 1 rings (SSSR count). The van der Waals surface area contributed by atoms with Crippen LogP contribution in [-0.4, -0.2) is 12.2 Å². The minimum absolute atomic E-state index is 0. The Morgan fingerprint density at radius 3 is 2.77 bits per heavy atom. The molecule has 0 heterocycles. The molecule has 0 spiro atoms. The quantitative estimate of drug-likeness (QED) is 0.503. The minimum atomic E-state index is 0. The Kier molecular flexibility index (Phi) is 5.22. The molecule has 5 heteroatoms. The van der Waals surface area contributed by atoms with Crippen LogP contribution in [0.4, 0.5) is 0 Å². The van der Waals surface area contributed by atoms with Gasteiger partial charge in [0.25, 0.3) is 0 Å². The Morgan fingerprint density at radius 2 is 2.23 bits per heavy atom. The van der Waals surface area contributed by atoms with E-state index in [0.717, 1.165) is 5.56 Å². The summed E-state index contributed by atoms with van der Waals surface area (Å²) >= 11 is 0. The van der Waals surface area contributed by atoms with E-state index in [1.807, 2.05) is 0 Å². The van der Waals surface area contributed by atoms with Gasteiger partial charge in [0.1, 0.15) is 0 Å². The molecule has 0 aromatic heterocycles. The Labute approximate surface area is 83.1 Å². The zero-order valence-electron chi connectivity index (χ0n) is 7.28. The number of benzene rings is 1. The highest BCUT2D eigenvalue weighted by molar-refractivity contribution is 5.85. The predicted octanol–water partition coefficient (Wildman–Crippen LogP) is 0.786. The molecule has 0 saturated heterocycles. The first kappa shape index (κ1) is 12.0. The van der Waals surface area contributed by atoms with Crippen LogP contribution < -0.4 is 16.0 Å². The van der Waals surface area contributed by atoms with Gasteiger partial charge in [0.05, 0.1) is 7.11 Å². The summed E-state index contributed by atoms with van der Waals surface area (Å²) < 4.78 is 4.91. The van der Waals surface area contributed by atoms with E-state index in [1.165, 1.54) is 7.11 Å². The van der Waals surface area contributed by atoms with Crippen molar-refractivity contribution in [3.8, 4) is 11.5 Å². The zero-order chi connectivity index (χ0) is 8.97. The fourth-order valence-corrected chi connectivity index (χ4v) is 0.950. The van der Waals surface area contributed by atoms with Gasteiger partial charge in [0.2, 0.25) is 0 Å². The third kappa shape index (κ3) is 3.10. The standard InChI is InChI=1S/C8H12N2O2.ClH/c1-12-8-4-6(5-10-9)2-3-7(8)11;/h2-4,10-11H,5,9H2,1H3;1H. The molecule has 0 amide bonds. The molecule has 0 unspecified atom stereocenters. The summed E-state index contributed by atoms with van der Waals surface area (Å²) in [5.74, 6) is 5.73. The van der Waals surface area contributed by atoms with Crippen molar-refractivity contribution < 1.29 is 9.84 Å². The lowest BCUT2D eigenvalue weighted by atomic mass is 10.2. The fourth-order valence-electron chi connectivity index (χ4n) is 0.950. The lowest BCUT2D eigenvalue weighted by Crippen LogP contribution is -2.20. The van der Waals surface area contributed by atoms with Crippen LogP contribution in [0.2, 0.25) is 0 Å². The van der Waals surface area contributed by atoms with Crippen LogP contribution in [0.1, 0.15) is 5.56 Å². The maximum Gasteiger partial charge on any atom is 0.160 e. The summed E-state index contributed by atoms with van der Waals surface area (Å²) in [6, 6.07) is 5.08. The van der Waals surface area contributed by atoms with Gasteiger partial charge in [-0.1, -0.05) is 6.07 Å². The van der Waals surface area contributed by atoms with Crippen LogP contribution in [0.25, 0.3) is 0 Å². The molecule has 0 fully saturated rings. The first-order chi connectivity index (χ1) is 5.77. The minimum Gasteiger partial charge on any atom is -0.504 e. The molecule has 0 aliphatic rings. The Balaban J connectivity index is 0.00000144. The van der Waals surface area contributed by atoms with Crippen LogP contribution in [-0.2, 0) is 6.54 Å². The van der Waals surface area contributed by atoms with Crippen LogP contribution in [0.5, 0.6) is 11.5 Å². The van der Waals surface area contributed by atoms with E-state index < -0.39 is 0 Å². The van der Waals surface area contributed by atoms with E-state index in [9.17, 15) is 5.11 Å². The van der Waals surface area contributed by atoms with Crippen molar-refractivity contribution in [3.63, 3.8) is 0 Å². The largest absolute Gasteiger partial charge is 0.504 e. The molecule has 0 aliphatic heterocycles. The van der Waals surface area contributed by atoms with E-state index in [0.29, 0.717) is 12.3 Å². The number of halogens is 1. The second-order valence-electron chi connectivity index (χ2n) is 2.39. The molecule has 74 valence electrons. The monoisotopic (exact) mass is 204 g/mol. The van der Waals surface area contributed by atoms with Gasteiger partial charge in [-0.3, -0.25) is 11.3 Å². The number of methoxy groups -OCH3 is 1. The molecule has 1 aromatic rings. The number of hydrazine groups is 1. The van der Waals surface area contributed by atoms with Crippen molar-refractivity contribution in [2.45, 2.75) is 6.54 Å². The summed E-state index contributed by atoms with van der Waals surface area (Å²) in [5, 5.41) is 9.23. The first-order valence-electron chi connectivity index (χ1n) is 3.57. The number of nitrogens with two attached hydrogens (primary N) is 1. The molecule has 0 radical (unpaired) electrons. The molecule has 1 aromatic carbocycles. The topological polar surface area (TPSA) is 67.5 Å². The van der Waals surface area contributed by atoms with Crippen molar-refractivity contribution in [1.29, 1.82) is 0 Å². The molecular formula is C8H13ClN2O2. The van der Waals surface area contributed by atoms with E-state index >= 15 is 0 Å². The Morgan fingerprint density at radius 1 is 1.54 bits per heavy atom. The van der Waals surface area contributed by atoms with Crippen LogP contribution in [0.3, 0.4) is 0 Å². The SMILES string of the molecule is COc1cc(CNN)ccc1O.Cl. The van der Waals surface area contributed by atoms with Gasteiger partial charge in [-0.05, 0) is 17.7 Å². The van der Waals surface area contributed by atoms with Gasteiger partial charge in [0.15, 0.2) is 11.5 Å². The number of aromatic hydroxyl groups is 1. The highest BCUT2D eigenvalue weighted by Crippen LogP contribution is 2.25. The lowest BCUT2D eigenvalue weighted by Gasteiger charge is -2.05. The predicted molar refractivity (Wildman–Crippen MR) is 52.9 cm³/mol. The smallest absolute Gasteiger partial charge is 0.160 e. The molecule has 4 nitrogen and oxygen atoms in total. The van der Waals surface area contributed by atoms with E-state index in [1.54, 1.807) is 18.2 Å².